The van der Waals surface area contributed by atoms with Crippen LogP contribution < -0.4 is 19.1 Å². The van der Waals surface area contributed by atoms with E-state index in [0.29, 0.717) is 52.3 Å². The summed E-state index contributed by atoms with van der Waals surface area (Å²) in [6.07, 6.45) is 1.86. The molecule has 1 amide bonds. The number of fused-ring (bicyclic) bond motifs is 2. The smallest absolute Gasteiger partial charge is 0.296 e. The number of amides is 1. The third-order valence-electron chi connectivity index (χ3n) is 7.23. The molecular weight excluding hydrogens is 568 g/mol. The number of ketones is 1. The van der Waals surface area contributed by atoms with E-state index in [1.807, 2.05) is 37.3 Å². The van der Waals surface area contributed by atoms with Crippen LogP contribution >= 0.6 is 11.3 Å². The second-order valence-electron chi connectivity index (χ2n) is 9.99. The van der Waals surface area contributed by atoms with Crippen molar-refractivity contribution < 1.29 is 33.3 Å². The summed E-state index contributed by atoms with van der Waals surface area (Å²) in [4.78, 5) is 33.9. The summed E-state index contributed by atoms with van der Waals surface area (Å²) < 4.78 is 23.8. The summed E-state index contributed by atoms with van der Waals surface area (Å²) >= 11 is 1.26. The molecule has 10 heteroatoms. The third kappa shape index (κ3) is 5.18. The molecule has 1 aliphatic heterocycles. The molecule has 0 aliphatic carbocycles. The zero-order chi connectivity index (χ0) is 30.1. The van der Waals surface area contributed by atoms with Gasteiger partial charge in [0.2, 0.25) is 5.78 Å². The number of para-hydroxylation sites is 1. The Labute approximate surface area is 251 Å². The van der Waals surface area contributed by atoms with E-state index in [2.05, 4.69) is 6.92 Å². The minimum absolute atomic E-state index is 0.0135. The molecule has 3 aromatic carbocycles. The van der Waals surface area contributed by atoms with E-state index in [9.17, 15) is 14.7 Å². The van der Waals surface area contributed by atoms with Gasteiger partial charge in [0.1, 0.15) is 11.3 Å². The predicted octanol–water partition coefficient (Wildman–Crippen LogP) is 7.41. The Bertz CT molecular complexity index is 1840. The van der Waals surface area contributed by atoms with Crippen molar-refractivity contribution in [1.82, 2.24) is 4.98 Å². The number of benzene rings is 3. The van der Waals surface area contributed by atoms with Gasteiger partial charge in [0.05, 0.1) is 42.2 Å². The standard InChI is InChI=1S/C33H30N2O7S/c1-4-6-15-41-24-14-11-20(17-25(24)39-3)29-28(30(36)26-16-19-9-7-8-10-23(19)42-26)31(37)32(38)35(29)33-34-22-13-12-21(40-5-2)18-27(22)43-33/h7-14,16-18,29,37H,4-6,15H2,1-3H3/t29-/m0/s1. The highest BCUT2D eigenvalue weighted by Crippen LogP contribution is 2.46. The third-order valence-corrected chi connectivity index (χ3v) is 8.24. The summed E-state index contributed by atoms with van der Waals surface area (Å²) in [7, 11) is 1.53. The summed E-state index contributed by atoms with van der Waals surface area (Å²) in [6, 6.07) is 18.5. The lowest BCUT2D eigenvalue weighted by Gasteiger charge is -2.25. The van der Waals surface area contributed by atoms with Crippen molar-refractivity contribution in [2.24, 2.45) is 0 Å². The number of carbonyl (C=O) groups is 2. The number of aliphatic hydroxyl groups excluding tert-OH is 1. The van der Waals surface area contributed by atoms with Crippen LogP contribution in [0.5, 0.6) is 17.2 Å². The predicted molar refractivity (Wildman–Crippen MR) is 165 cm³/mol. The van der Waals surface area contributed by atoms with Crippen LogP contribution in [0.2, 0.25) is 0 Å². The number of Topliss-reactive ketones (excluding diaryl/α,β-unsaturated/α-hetero) is 1. The summed E-state index contributed by atoms with van der Waals surface area (Å²) in [5.74, 6) is -0.329. The molecule has 0 bridgehead atoms. The van der Waals surface area contributed by atoms with Crippen LogP contribution in [0.3, 0.4) is 0 Å². The number of thiazole rings is 1. The number of nitrogens with zero attached hydrogens (tertiary/aromatic N) is 2. The number of anilines is 1. The van der Waals surface area contributed by atoms with E-state index in [-0.39, 0.29) is 11.3 Å². The maximum Gasteiger partial charge on any atom is 0.296 e. The average molecular weight is 599 g/mol. The number of rotatable bonds is 11. The second kappa shape index (κ2) is 11.8. The minimum atomic E-state index is -1.02. The van der Waals surface area contributed by atoms with E-state index < -0.39 is 23.5 Å². The normalized spacial score (nSPS) is 15.1. The number of ether oxygens (including phenoxy) is 3. The zero-order valence-electron chi connectivity index (χ0n) is 24.0. The van der Waals surface area contributed by atoms with Gasteiger partial charge in [-0.15, -0.1) is 0 Å². The Morgan fingerprint density at radius 2 is 1.88 bits per heavy atom. The maximum absolute atomic E-state index is 14.0. The van der Waals surface area contributed by atoms with Gasteiger partial charge in [-0.25, -0.2) is 4.98 Å². The van der Waals surface area contributed by atoms with E-state index in [0.717, 1.165) is 22.9 Å². The molecule has 1 aliphatic rings. The topological polar surface area (TPSA) is 111 Å². The number of furan rings is 1. The highest BCUT2D eigenvalue weighted by Gasteiger charge is 2.47. The van der Waals surface area contributed by atoms with Gasteiger partial charge in [-0.3, -0.25) is 14.5 Å². The van der Waals surface area contributed by atoms with Crippen molar-refractivity contribution in [2.45, 2.75) is 32.7 Å². The Kier molecular flexibility index (Phi) is 7.77. The first-order chi connectivity index (χ1) is 20.9. The van der Waals surface area contributed by atoms with Gasteiger partial charge in [-0.05, 0) is 61.4 Å². The van der Waals surface area contributed by atoms with Crippen molar-refractivity contribution in [3.05, 3.63) is 89.4 Å². The number of aliphatic hydroxyl groups is 1. The molecule has 0 saturated heterocycles. The molecule has 220 valence electrons. The lowest BCUT2D eigenvalue weighted by atomic mass is 9.95. The second-order valence-corrected chi connectivity index (χ2v) is 11.0. The quantitative estimate of drug-likeness (QED) is 0.124. The molecule has 2 aromatic heterocycles. The highest BCUT2D eigenvalue weighted by atomic mass is 32.1. The van der Waals surface area contributed by atoms with Crippen molar-refractivity contribution >= 4 is 49.3 Å². The molecule has 43 heavy (non-hydrogen) atoms. The Morgan fingerprint density at radius 3 is 2.65 bits per heavy atom. The maximum atomic E-state index is 14.0. The summed E-state index contributed by atoms with van der Waals surface area (Å²) in [6.45, 7) is 5.01. The molecular formula is C33H30N2O7S. The lowest BCUT2D eigenvalue weighted by Crippen LogP contribution is -2.31. The molecule has 0 radical (unpaired) electrons. The molecule has 5 aromatic rings. The number of aromatic nitrogens is 1. The largest absolute Gasteiger partial charge is 0.503 e. The van der Waals surface area contributed by atoms with Crippen LogP contribution in [-0.4, -0.2) is 42.1 Å². The Balaban J connectivity index is 1.47. The molecule has 9 nitrogen and oxygen atoms in total. The van der Waals surface area contributed by atoms with Gasteiger partial charge in [0.25, 0.3) is 5.91 Å². The SMILES string of the molecule is CCCCOc1ccc([C@H]2C(C(=O)c3cc4ccccc4o3)=C(O)C(=O)N2c2nc3ccc(OCC)cc3s2)cc1OC. The molecule has 0 unspecified atom stereocenters. The fraction of sp³-hybridized carbons (Fsp3) is 0.242. The van der Waals surface area contributed by atoms with Crippen molar-refractivity contribution in [3.63, 3.8) is 0 Å². The van der Waals surface area contributed by atoms with Gasteiger partial charge in [-0.2, -0.15) is 0 Å². The fourth-order valence-corrected chi connectivity index (χ4v) is 6.15. The lowest BCUT2D eigenvalue weighted by molar-refractivity contribution is -0.117. The monoisotopic (exact) mass is 598 g/mol. The number of hydrogen-bond acceptors (Lipinski definition) is 9. The molecule has 6 rings (SSSR count). The van der Waals surface area contributed by atoms with Gasteiger partial charge in [0, 0.05) is 5.39 Å². The highest BCUT2D eigenvalue weighted by molar-refractivity contribution is 7.22. The van der Waals surface area contributed by atoms with Crippen LogP contribution in [0.25, 0.3) is 21.2 Å². The number of carbonyl (C=O) groups excluding carboxylic acids is 2. The van der Waals surface area contributed by atoms with Crippen LogP contribution in [-0.2, 0) is 4.79 Å². The molecule has 0 fully saturated rings. The number of unbranched alkanes of at least 4 members (excludes halogenated alkanes) is 1. The van der Waals surface area contributed by atoms with Crippen molar-refractivity contribution in [3.8, 4) is 17.2 Å². The fourth-order valence-electron chi connectivity index (χ4n) is 5.13. The first kappa shape index (κ1) is 28.3. The summed E-state index contributed by atoms with van der Waals surface area (Å²) in [5.41, 5.74) is 1.60. The zero-order valence-corrected chi connectivity index (χ0v) is 24.8. The van der Waals surface area contributed by atoms with Crippen LogP contribution in [0, 0.1) is 0 Å². The molecule has 1 atom stereocenters. The molecule has 1 N–H and O–H groups in total. The van der Waals surface area contributed by atoms with E-state index in [4.69, 9.17) is 23.6 Å². The van der Waals surface area contributed by atoms with Gasteiger partial charge in [-0.1, -0.05) is 48.9 Å². The van der Waals surface area contributed by atoms with E-state index in [1.54, 1.807) is 36.4 Å². The molecule has 3 heterocycles. The first-order valence-corrected chi connectivity index (χ1v) is 14.9. The van der Waals surface area contributed by atoms with Crippen molar-refractivity contribution in [2.75, 3.05) is 25.2 Å². The number of methoxy groups -OCH3 is 1. The van der Waals surface area contributed by atoms with Crippen LogP contribution in [0.15, 0.2) is 82.5 Å². The van der Waals surface area contributed by atoms with Crippen LogP contribution in [0.4, 0.5) is 5.13 Å². The molecule has 0 saturated carbocycles. The molecule has 0 spiro atoms. The van der Waals surface area contributed by atoms with Crippen molar-refractivity contribution in [1.29, 1.82) is 0 Å². The Hall–Kier alpha value is -4.83. The van der Waals surface area contributed by atoms with Gasteiger partial charge in [0.15, 0.2) is 28.1 Å². The van der Waals surface area contributed by atoms with Crippen LogP contribution in [0.1, 0.15) is 48.8 Å². The van der Waals surface area contributed by atoms with Gasteiger partial charge >= 0.3 is 0 Å². The average Bonchev–Trinajstić information content (AvgIpc) is 3.71. The van der Waals surface area contributed by atoms with Gasteiger partial charge < -0.3 is 23.7 Å². The van der Waals surface area contributed by atoms with E-state index in [1.165, 1.54) is 23.3 Å². The minimum Gasteiger partial charge on any atom is -0.503 e. The number of hydrogen-bond donors (Lipinski definition) is 1. The Morgan fingerprint density at radius 1 is 1.05 bits per heavy atom. The first-order valence-electron chi connectivity index (χ1n) is 14.1. The van der Waals surface area contributed by atoms with E-state index >= 15 is 0 Å². The summed E-state index contributed by atoms with van der Waals surface area (Å²) in [5, 5.41) is 12.3.